The number of rotatable bonds is 15. The molecule has 4 aromatic carbocycles. The average molecular weight is 741 g/mol. The lowest BCUT2D eigenvalue weighted by molar-refractivity contribution is 0.101. The van der Waals surface area contributed by atoms with E-state index in [0.29, 0.717) is 23.8 Å². The minimum absolute atomic E-state index is 0.0177. The van der Waals surface area contributed by atoms with E-state index in [0.717, 1.165) is 28.8 Å². The molecule has 2 aromatic heterocycles. The number of nitrogens with zero attached hydrogens (tertiary/aromatic N) is 5. The third kappa shape index (κ3) is 8.99. The fraction of sp³-hybridized carbons (Fsp3) is 0.184. The van der Waals surface area contributed by atoms with Crippen LogP contribution >= 0.6 is 11.8 Å². The third-order valence-electron chi connectivity index (χ3n) is 7.90. The molecular weight excluding hydrogens is 707 g/mol. The standard InChI is InChI=1S/C38H34F2N6O6S/c1-48-27-11-5-23(6-12-27)19-46-20-32(44-45-46)33-30(39)17-26(18-31(33)40)41-35(47)34-36(51-21-24-7-13-28(49-2)14-8-24)42-38(53-4)43-37(34)52-22-25-9-15-29(50-3)16-10-25/h5-18,20H,19,21-22H2,1-4H3,(H,41,47). The molecule has 1 N–H and O–H groups in total. The van der Waals surface area contributed by atoms with E-state index >= 15 is 8.78 Å². The molecule has 0 bridgehead atoms. The molecule has 0 saturated carbocycles. The number of methoxy groups -OCH3 is 3. The first-order chi connectivity index (χ1) is 25.8. The second kappa shape index (κ2) is 16.9. The van der Waals surface area contributed by atoms with Gasteiger partial charge in [-0.1, -0.05) is 53.4 Å². The summed E-state index contributed by atoms with van der Waals surface area (Å²) in [5, 5.41) is 10.8. The van der Waals surface area contributed by atoms with Crippen molar-refractivity contribution in [1.29, 1.82) is 0 Å². The highest BCUT2D eigenvalue weighted by molar-refractivity contribution is 7.98. The number of aromatic nitrogens is 5. The molecule has 0 fully saturated rings. The molecule has 15 heteroatoms. The maximum Gasteiger partial charge on any atom is 0.266 e. The number of amides is 1. The first-order valence-corrected chi connectivity index (χ1v) is 17.3. The smallest absolute Gasteiger partial charge is 0.266 e. The second-order valence-electron chi connectivity index (χ2n) is 11.4. The van der Waals surface area contributed by atoms with Crippen LogP contribution in [0.3, 0.4) is 0 Å². The number of carbonyl (C=O) groups excluding carboxylic acids is 1. The molecule has 0 unspecified atom stereocenters. The Hall–Kier alpha value is -6.22. The van der Waals surface area contributed by atoms with Crippen molar-refractivity contribution in [3.05, 3.63) is 125 Å². The van der Waals surface area contributed by atoms with Crippen molar-refractivity contribution in [1.82, 2.24) is 25.0 Å². The van der Waals surface area contributed by atoms with Gasteiger partial charge < -0.3 is 29.0 Å². The molecule has 0 saturated heterocycles. The van der Waals surface area contributed by atoms with Gasteiger partial charge in [-0.2, -0.15) is 9.97 Å². The Kier molecular flexibility index (Phi) is 11.6. The average Bonchev–Trinajstić information content (AvgIpc) is 3.63. The normalized spacial score (nSPS) is 10.8. The van der Waals surface area contributed by atoms with Crippen molar-refractivity contribution in [2.75, 3.05) is 32.9 Å². The van der Waals surface area contributed by atoms with Gasteiger partial charge in [0.2, 0.25) is 11.8 Å². The van der Waals surface area contributed by atoms with Crippen molar-refractivity contribution in [3.8, 4) is 40.3 Å². The summed E-state index contributed by atoms with van der Waals surface area (Å²) in [6.45, 7) is 0.381. The topological polar surface area (TPSA) is 132 Å². The summed E-state index contributed by atoms with van der Waals surface area (Å²) >= 11 is 1.22. The Balaban J connectivity index is 1.27. The number of hydrogen-bond acceptors (Lipinski definition) is 11. The van der Waals surface area contributed by atoms with Gasteiger partial charge in [0.25, 0.3) is 5.91 Å². The van der Waals surface area contributed by atoms with Crippen molar-refractivity contribution in [2.45, 2.75) is 24.9 Å². The number of halogens is 2. The lowest BCUT2D eigenvalue weighted by atomic mass is 10.1. The molecule has 272 valence electrons. The van der Waals surface area contributed by atoms with Gasteiger partial charge in [0.15, 0.2) is 10.7 Å². The van der Waals surface area contributed by atoms with Crippen LogP contribution < -0.4 is 29.0 Å². The van der Waals surface area contributed by atoms with E-state index in [1.165, 1.54) is 22.6 Å². The van der Waals surface area contributed by atoms with E-state index in [1.807, 2.05) is 12.1 Å². The summed E-state index contributed by atoms with van der Waals surface area (Å²) in [5.74, 6) is -0.887. The fourth-order valence-corrected chi connectivity index (χ4v) is 5.48. The summed E-state index contributed by atoms with van der Waals surface area (Å²) in [4.78, 5) is 22.9. The second-order valence-corrected chi connectivity index (χ2v) is 12.2. The van der Waals surface area contributed by atoms with Crippen LogP contribution in [0, 0.1) is 11.6 Å². The lowest BCUT2D eigenvalue weighted by Crippen LogP contribution is -2.18. The van der Waals surface area contributed by atoms with Gasteiger partial charge in [0.1, 0.15) is 47.8 Å². The molecule has 6 rings (SSSR count). The van der Waals surface area contributed by atoms with Crippen LogP contribution in [-0.4, -0.2) is 58.5 Å². The molecule has 2 heterocycles. The van der Waals surface area contributed by atoms with E-state index < -0.39 is 23.1 Å². The summed E-state index contributed by atoms with van der Waals surface area (Å²) in [7, 11) is 4.70. The highest BCUT2D eigenvalue weighted by Gasteiger charge is 2.26. The zero-order valence-electron chi connectivity index (χ0n) is 29.1. The predicted molar refractivity (Wildman–Crippen MR) is 194 cm³/mol. The quantitative estimate of drug-likeness (QED) is 0.0846. The monoisotopic (exact) mass is 740 g/mol. The predicted octanol–water partition coefficient (Wildman–Crippen LogP) is 7.22. The van der Waals surface area contributed by atoms with E-state index in [9.17, 15) is 4.79 Å². The van der Waals surface area contributed by atoms with Gasteiger partial charge in [-0.25, -0.2) is 13.5 Å². The van der Waals surface area contributed by atoms with Crippen LogP contribution in [0.15, 0.2) is 96.3 Å². The molecular formula is C38H34F2N6O6S. The van der Waals surface area contributed by atoms with Gasteiger partial charge in [-0.05, 0) is 71.5 Å². The van der Waals surface area contributed by atoms with Gasteiger partial charge in [0, 0.05) is 5.69 Å². The molecule has 0 aliphatic heterocycles. The lowest BCUT2D eigenvalue weighted by Gasteiger charge is -2.16. The Bertz CT molecular complexity index is 2090. The highest BCUT2D eigenvalue weighted by Crippen LogP contribution is 2.32. The molecule has 12 nitrogen and oxygen atoms in total. The van der Waals surface area contributed by atoms with E-state index in [2.05, 4.69) is 25.6 Å². The van der Waals surface area contributed by atoms with Crippen molar-refractivity contribution >= 4 is 23.4 Å². The fourth-order valence-electron chi connectivity index (χ4n) is 5.14. The SMILES string of the molecule is COc1ccc(COc2nc(SC)nc(OCc3ccc(OC)cc3)c2C(=O)Nc2cc(F)c(-c3cn(Cc4ccc(OC)cc4)nn3)c(F)c2)cc1. The van der Waals surface area contributed by atoms with Crippen molar-refractivity contribution in [2.24, 2.45) is 0 Å². The van der Waals surface area contributed by atoms with Crippen molar-refractivity contribution < 1.29 is 37.3 Å². The molecule has 6 aromatic rings. The number of ether oxygens (including phenoxy) is 5. The minimum atomic E-state index is -0.960. The zero-order valence-corrected chi connectivity index (χ0v) is 29.9. The number of hydrogen-bond donors (Lipinski definition) is 1. The van der Waals surface area contributed by atoms with Crippen LogP contribution in [0.1, 0.15) is 27.0 Å². The molecule has 1 amide bonds. The Morgan fingerprint density at radius 2 is 1.21 bits per heavy atom. The molecule has 0 spiro atoms. The van der Waals surface area contributed by atoms with Gasteiger partial charge in [0.05, 0.1) is 39.6 Å². The number of nitrogens with one attached hydrogen (secondary N) is 1. The number of benzene rings is 4. The van der Waals surface area contributed by atoms with E-state index in [1.54, 1.807) is 88.2 Å². The van der Waals surface area contributed by atoms with E-state index in [-0.39, 0.29) is 47.1 Å². The largest absolute Gasteiger partial charge is 0.497 e. The van der Waals surface area contributed by atoms with Gasteiger partial charge in [-0.15, -0.1) is 5.10 Å². The van der Waals surface area contributed by atoms with Crippen LogP contribution in [-0.2, 0) is 19.8 Å². The molecule has 0 aliphatic rings. The van der Waals surface area contributed by atoms with Crippen LogP contribution in [0.5, 0.6) is 29.0 Å². The van der Waals surface area contributed by atoms with Crippen LogP contribution in [0.4, 0.5) is 14.5 Å². The highest BCUT2D eigenvalue weighted by atomic mass is 32.2. The number of carbonyl (C=O) groups is 1. The van der Waals surface area contributed by atoms with Gasteiger partial charge >= 0.3 is 0 Å². The van der Waals surface area contributed by atoms with Crippen LogP contribution in [0.25, 0.3) is 11.3 Å². The maximum atomic E-state index is 15.6. The maximum absolute atomic E-state index is 15.6. The van der Waals surface area contributed by atoms with Crippen molar-refractivity contribution in [3.63, 3.8) is 0 Å². The van der Waals surface area contributed by atoms with Gasteiger partial charge in [-0.3, -0.25) is 4.79 Å². The zero-order chi connectivity index (χ0) is 37.3. The Labute approximate surface area is 308 Å². The third-order valence-corrected chi connectivity index (χ3v) is 8.45. The summed E-state index contributed by atoms with van der Waals surface area (Å²) in [5.41, 5.74) is 1.66. The first-order valence-electron chi connectivity index (χ1n) is 16.1. The van der Waals surface area contributed by atoms with Crippen LogP contribution in [0.2, 0.25) is 0 Å². The number of anilines is 1. The minimum Gasteiger partial charge on any atom is -0.497 e. The summed E-state index contributed by atoms with van der Waals surface area (Å²) in [6, 6.07) is 23.6. The summed E-state index contributed by atoms with van der Waals surface area (Å²) in [6.07, 6.45) is 3.20. The number of thioether (sulfide) groups is 1. The Morgan fingerprint density at radius 3 is 1.66 bits per heavy atom. The Morgan fingerprint density at radius 1 is 0.736 bits per heavy atom. The van der Waals surface area contributed by atoms with E-state index in [4.69, 9.17) is 23.7 Å². The summed E-state index contributed by atoms with van der Waals surface area (Å²) < 4.78 is 60.4. The first kappa shape index (κ1) is 36.6. The molecule has 0 atom stereocenters. The molecule has 53 heavy (non-hydrogen) atoms. The molecule has 0 radical (unpaired) electrons. The molecule has 0 aliphatic carbocycles.